The van der Waals surface area contributed by atoms with Crippen LogP contribution in [-0.2, 0) is 13.0 Å². The molecule has 0 heterocycles. The summed E-state index contributed by atoms with van der Waals surface area (Å²) in [5, 5.41) is 19.5. The normalized spacial score (nSPS) is 17.0. The standard InChI is InChI=1S/C19H23NO2/c1-14-6-9-19(22)16(12-14)13-20(10-11-21)18-8-7-15-4-2-3-5-17(15)18/h2-6,9,12,18,21-22H,7-8,10-11,13H2,1H3. The van der Waals surface area contributed by atoms with Gasteiger partial charge in [0, 0.05) is 24.7 Å². The molecule has 0 saturated heterocycles. The van der Waals surface area contributed by atoms with Crippen molar-refractivity contribution in [1.29, 1.82) is 0 Å². The number of benzene rings is 2. The van der Waals surface area contributed by atoms with Gasteiger partial charge >= 0.3 is 0 Å². The Morgan fingerprint density at radius 3 is 2.82 bits per heavy atom. The lowest BCUT2D eigenvalue weighted by atomic mass is 10.0. The molecule has 1 atom stereocenters. The number of aliphatic hydroxyl groups is 1. The van der Waals surface area contributed by atoms with Crippen molar-refractivity contribution in [1.82, 2.24) is 4.90 Å². The maximum atomic E-state index is 10.1. The van der Waals surface area contributed by atoms with E-state index in [-0.39, 0.29) is 6.61 Å². The average Bonchev–Trinajstić information content (AvgIpc) is 2.94. The monoisotopic (exact) mass is 297 g/mol. The Balaban J connectivity index is 1.86. The van der Waals surface area contributed by atoms with Crippen LogP contribution in [0.4, 0.5) is 0 Å². The Morgan fingerprint density at radius 2 is 2.00 bits per heavy atom. The Hall–Kier alpha value is -1.84. The van der Waals surface area contributed by atoms with Crippen LogP contribution in [0.25, 0.3) is 0 Å². The first-order chi connectivity index (χ1) is 10.7. The molecule has 22 heavy (non-hydrogen) atoms. The molecular weight excluding hydrogens is 274 g/mol. The van der Waals surface area contributed by atoms with Crippen LogP contribution in [0.3, 0.4) is 0 Å². The lowest BCUT2D eigenvalue weighted by Gasteiger charge is -2.29. The summed E-state index contributed by atoms with van der Waals surface area (Å²) in [6.45, 7) is 3.44. The Kier molecular flexibility index (Phi) is 4.46. The fourth-order valence-electron chi connectivity index (χ4n) is 3.45. The fraction of sp³-hybridized carbons (Fsp3) is 0.368. The van der Waals surface area contributed by atoms with Crippen LogP contribution in [-0.4, -0.2) is 28.3 Å². The number of nitrogens with zero attached hydrogens (tertiary/aromatic N) is 1. The summed E-state index contributed by atoms with van der Waals surface area (Å²) in [4.78, 5) is 2.28. The lowest BCUT2D eigenvalue weighted by molar-refractivity contribution is 0.141. The van der Waals surface area contributed by atoms with Crippen LogP contribution in [0.15, 0.2) is 42.5 Å². The molecule has 0 fully saturated rings. The van der Waals surface area contributed by atoms with Crippen LogP contribution in [0, 0.1) is 6.92 Å². The predicted octanol–water partition coefficient (Wildman–Crippen LogP) is 3.18. The number of aromatic hydroxyl groups is 1. The molecule has 0 saturated carbocycles. The van der Waals surface area contributed by atoms with Crippen molar-refractivity contribution >= 4 is 0 Å². The number of hydrogen-bond donors (Lipinski definition) is 2. The van der Waals surface area contributed by atoms with E-state index in [9.17, 15) is 10.2 Å². The van der Waals surface area contributed by atoms with E-state index in [0.717, 1.165) is 24.0 Å². The third kappa shape index (κ3) is 3.01. The topological polar surface area (TPSA) is 43.7 Å². The highest BCUT2D eigenvalue weighted by Gasteiger charge is 2.27. The van der Waals surface area contributed by atoms with Gasteiger partial charge in [-0.2, -0.15) is 0 Å². The van der Waals surface area contributed by atoms with Gasteiger partial charge in [0.05, 0.1) is 6.61 Å². The summed E-state index contributed by atoms with van der Waals surface area (Å²) in [6.07, 6.45) is 2.16. The quantitative estimate of drug-likeness (QED) is 0.891. The minimum absolute atomic E-state index is 0.130. The van der Waals surface area contributed by atoms with E-state index in [1.165, 1.54) is 11.1 Å². The molecule has 3 rings (SSSR count). The highest BCUT2D eigenvalue weighted by Crippen LogP contribution is 2.36. The van der Waals surface area contributed by atoms with E-state index in [1.807, 2.05) is 19.1 Å². The average molecular weight is 297 g/mol. The summed E-state index contributed by atoms with van der Waals surface area (Å²) < 4.78 is 0. The van der Waals surface area contributed by atoms with E-state index < -0.39 is 0 Å². The predicted molar refractivity (Wildman–Crippen MR) is 87.8 cm³/mol. The van der Waals surface area contributed by atoms with Crippen molar-refractivity contribution in [3.8, 4) is 5.75 Å². The first-order valence-corrected chi connectivity index (χ1v) is 7.90. The molecule has 1 aliphatic rings. The van der Waals surface area contributed by atoms with Crippen LogP contribution in [0.2, 0.25) is 0 Å². The minimum atomic E-state index is 0.130. The maximum Gasteiger partial charge on any atom is 0.120 e. The van der Waals surface area contributed by atoms with E-state index >= 15 is 0 Å². The smallest absolute Gasteiger partial charge is 0.120 e. The Morgan fingerprint density at radius 1 is 1.18 bits per heavy atom. The van der Waals surface area contributed by atoms with Gasteiger partial charge in [0.1, 0.15) is 5.75 Å². The molecule has 3 nitrogen and oxygen atoms in total. The lowest BCUT2D eigenvalue weighted by Crippen LogP contribution is -2.30. The molecule has 3 heteroatoms. The van der Waals surface area contributed by atoms with Gasteiger partial charge in [0.25, 0.3) is 0 Å². The zero-order valence-corrected chi connectivity index (χ0v) is 13.0. The van der Waals surface area contributed by atoms with Gasteiger partial charge in [0.2, 0.25) is 0 Å². The number of aliphatic hydroxyl groups excluding tert-OH is 1. The SMILES string of the molecule is Cc1ccc(O)c(CN(CCO)C2CCc3ccccc32)c1. The first kappa shape index (κ1) is 15.1. The number of aryl methyl sites for hydroxylation is 2. The highest BCUT2D eigenvalue weighted by molar-refractivity contribution is 5.37. The van der Waals surface area contributed by atoms with E-state index in [4.69, 9.17) is 0 Å². The van der Waals surface area contributed by atoms with Gasteiger partial charge in [-0.15, -0.1) is 0 Å². The molecule has 0 amide bonds. The highest BCUT2D eigenvalue weighted by atomic mass is 16.3. The molecule has 2 aromatic rings. The third-order valence-corrected chi connectivity index (χ3v) is 4.54. The number of phenols is 1. The molecule has 0 aliphatic heterocycles. The first-order valence-electron chi connectivity index (χ1n) is 7.90. The fourth-order valence-corrected chi connectivity index (χ4v) is 3.45. The molecule has 1 unspecified atom stereocenters. The zero-order valence-electron chi connectivity index (χ0n) is 13.0. The van der Waals surface area contributed by atoms with Gasteiger partial charge in [-0.05, 0) is 37.0 Å². The Bertz CT molecular complexity index is 654. The number of rotatable bonds is 5. The van der Waals surface area contributed by atoms with Gasteiger partial charge < -0.3 is 10.2 Å². The van der Waals surface area contributed by atoms with E-state index in [1.54, 1.807) is 6.07 Å². The van der Waals surface area contributed by atoms with E-state index in [0.29, 0.717) is 24.9 Å². The number of phenolic OH excluding ortho intramolecular Hbond substituents is 1. The second kappa shape index (κ2) is 6.51. The molecule has 0 spiro atoms. The van der Waals surface area contributed by atoms with E-state index in [2.05, 4.69) is 29.2 Å². The number of fused-ring (bicyclic) bond motifs is 1. The number of hydrogen-bond acceptors (Lipinski definition) is 3. The second-order valence-electron chi connectivity index (χ2n) is 6.08. The zero-order chi connectivity index (χ0) is 15.5. The summed E-state index contributed by atoms with van der Waals surface area (Å²) in [7, 11) is 0. The third-order valence-electron chi connectivity index (χ3n) is 4.54. The largest absolute Gasteiger partial charge is 0.508 e. The van der Waals surface area contributed by atoms with Crippen molar-refractivity contribution in [2.75, 3.05) is 13.2 Å². The molecule has 0 radical (unpaired) electrons. The van der Waals surface area contributed by atoms with Crippen LogP contribution in [0.5, 0.6) is 5.75 Å². The van der Waals surface area contributed by atoms with Gasteiger partial charge in [-0.1, -0.05) is 42.0 Å². The van der Waals surface area contributed by atoms with Crippen molar-refractivity contribution in [2.45, 2.75) is 32.4 Å². The molecule has 0 bridgehead atoms. The summed E-state index contributed by atoms with van der Waals surface area (Å²) >= 11 is 0. The second-order valence-corrected chi connectivity index (χ2v) is 6.08. The minimum Gasteiger partial charge on any atom is -0.508 e. The maximum absolute atomic E-state index is 10.1. The van der Waals surface area contributed by atoms with Crippen molar-refractivity contribution < 1.29 is 10.2 Å². The van der Waals surface area contributed by atoms with Crippen LogP contribution >= 0.6 is 0 Å². The van der Waals surface area contributed by atoms with Gasteiger partial charge in [-0.25, -0.2) is 0 Å². The van der Waals surface area contributed by atoms with Crippen LogP contribution < -0.4 is 0 Å². The summed E-state index contributed by atoms with van der Waals surface area (Å²) in [5.41, 5.74) is 4.84. The summed E-state index contributed by atoms with van der Waals surface area (Å²) in [5.74, 6) is 0.333. The van der Waals surface area contributed by atoms with Crippen LogP contribution in [0.1, 0.15) is 34.7 Å². The van der Waals surface area contributed by atoms with Gasteiger partial charge in [0.15, 0.2) is 0 Å². The Labute approximate surface area is 131 Å². The molecule has 1 aliphatic carbocycles. The molecule has 2 N–H and O–H groups in total. The molecular formula is C19H23NO2. The van der Waals surface area contributed by atoms with Crippen molar-refractivity contribution in [3.05, 3.63) is 64.7 Å². The molecule has 2 aromatic carbocycles. The van der Waals surface area contributed by atoms with Crippen molar-refractivity contribution in [3.63, 3.8) is 0 Å². The molecule has 0 aromatic heterocycles. The van der Waals surface area contributed by atoms with Crippen molar-refractivity contribution in [2.24, 2.45) is 0 Å². The van der Waals surface area contributed by atoms with Gasteiger partial charge in [-0.3, -0.25) is 4.90 Å². The molecule has 116 valence electrons. The summed E-state index contributed by atoms with van der Waals surface area (Å²) in [6, 6.07) is 14.6.